The molecule has 0 amide bonds. The van der Waals surface area contributed by atoms with Crippen molar-refractivity contribution in [3.05, 3.63) is 23.7 Å². The van der Waals surface area contributed by atoms with E-state index in [1.165, 1.54) is 12.5 Å². The van der Waals surface area contributed by atoms with Gasteiger partial charge in [-0.3, -0.25) is 0 Å². The van der Waals surface area contributed by atoms with E-state index >= 15 is 0 Å². The summed E-state index contributed by atoms with van der Waals surface area (Å²) in [5.74, 6) is 1.71. The molecule has 0 saturated heterocycles. The summed E-state index contributed by atoms with van der Waals surface area (Å²) in [4.78, 5) is 8.25. The van der Waals surface area contributed by atoms with Crippen LogP contribution in [0.1, 0.15) is 6.92 Å². The maximum absolute atomic E-state index is 5.82. The molecule has 0 aliphatic heterocycles. The van der Waals surface area contributed by atoms with E-state index in [2.05, 4.69) is 20.4 Å². The molecule has 0 fully saturated rings. The molecule has 0 aromatic carbocycles. The van der Waals surface area contributed by atoms with E-state index in [4.69, 9.17) is 16.3 Å². The third-order valence-corrected chi connectivity index (χ3v) is 2.30. The topological polar surface area (TPSA) is 64.9 Å². The van der Waals surface area contributed by atoms with Gasteiger partial charge in [0.15, 0.2) is 5.82 Å². The molecular weight excluding hydrogens is 242 g/mol. The van der Waals surface area contributed by atoms with Gasteiger partial charge in [-0.2, -0.15) is 5.10 Å². The summed E-state index contributed by atoms with van der Waals surface area (Å²) in [6.07, 6.45) is 4.64. The second-order valence-electron chi connectivity index (χ2n) is 3.21. The van der Waals surface area contributed by atoms with Crippen LogP contribution in [0.2, 0.25) is 5.02 Å². The van der Waals surface area contributed by atoms with E-state index in [0.29, 0.717) is 22.4 Å². The van der Waals surface area contributed by atoms with E-state index in [1.807, 2.05) is 6.92 Å². The van der Waals surface area contributed by atoms with Crippen molar-refractivity contribution in [3.63, 3.8) is 0 Å². The number of hydrogen-bond acceptors (Lipinski definition) is 5. The van der Waals surface area contributed by atoms with Crippen LogP contribution in [0.5, 0.6) is 5.75 Å². The predicted octanol–water partition coefficient (Wildman–Crippen LogP) is 1.76. The zero-order valence-electron chi connectivity index (χ0n) is 9.51. The number of nitrogens with one attached hydrogen (secondary N) is 1. The van der Waals surface area contributed by atoms with Gasteiger partial charge in [0.05, 0.1) is 24.5 Å². The van der Waals surface area contributed by atoms with E-state index in [1.54, 1.807) is 18.0 Å². The molecule has 90 valence electrons. The van der Waals surface area contributed by atoms with Crippen LogP contribution in [0.15, 0.2) is 18.7 Å². The molecule has 2 heterocycles. The lowest BCUT2D eigenvalue weighted by molar-refractivity contribution is 0.409. The molecule has 0 atom stereocenters. The number of rotatable bonds is 4. The van der Waals surface area contributed by atoms with Gasteiger partial charge in [0.2, 0.25) is 11.6 Å². The Kier molecular flexibility index (Phi) is 3.43. The largest absolute Gasteiger partial charge is 0.490 e. The Labute approximate surface area is 104 Å². The van der Waals surface area contributed by atoms with Crippen molar-refractivity contribution >= 4 is 17.4 Å². The zero-order valence-corrected chi connectivity index (χ0v) is 10.3. The van der Waals surface area contributed by atoms with E-state index in [-0.39, 0.29) is 0 Å². The first-order valence-electron chi connectivity index (χ1n) is 5.09. The molecule has 17 heavy (non-hydrogen) atoms. The number of methoxy groups -OCH3 is 1. The third kappa shape index (κ3) is 2.31. The fourth-order valence-electron chi connectivity index (χ4n) is 1.43. The minimum absolute atomic E-state index is 0.536. The van der Waals surface area contributed by atoms with Crippen molar-refractivity contribution in [2.75, 3.05) is 19.0 Å². The number of aromatic nitrogens is 4. The molecule has 1 N–H and O–H groups in total. The molecule has 0 bridgehead atoms. The molecule has 0 aliphatic carbocycles. The number of hydrogen-bond donors (Lipinski definition) is 1. The lowest BCUT2D eigenvalue weighted by atomic mass is 10.4. The van der Waals surface area contributed by atoms with Crippen molar-refractivity contribution in [2.24, 2.45) is 0 Å². The van der Waals surface area contributed by atoms with Crippen molar-refractivity contribution in [1.82, 2.24) is 19.7 Å². The van der Waals surface area contributed by atoms with Gasteiger partial charge in [-0.15, -0.1) is 0 Å². The van der Waals surface area contributed by atoms with E-state index in [0.717, 1.165) is 6.54 Å². The summed E-state index contributed by atoms with van der Waals surface area (Å²) in [6, 6.07) is 0. The van der Waals surface area contributed by atoms with E-state index in [9.17, 15) is 0 Å². The Morgan fingerprint density at radius 3 is 2.88 bits per heavy atom. The summed E-state index contributed by atoms with van der Waals surface area (Å²) in [5, 5.41) is 7.71. The lowest BCUT2D eigenvalue weighted by Gasteiger charge is -2.11. The highest BCUT2D eigenvalue weighted by atomic mass is 35.5. The van der Waals surface area contributed by atoms with E-state index < -0.39 is 0 Å². The van der Waals surface area contributed by atoms with Crippen LogP contribution in [0, 0.1) is 0 Å². The summed E-state index contributed by atoms with van der Waals surface area (Å²) in [6.45, 7) is 2.72. The van der Waals surface area contributed by atoms with Crippen LogP contribution < -0.4 is 10.1 Å². The van der Waals surface area contributed by atoms with Crippen molar-refractivity contribution in [1.29, 1.82) is 0 Å². The predicted molar refractivity (Wildman–Crippen MR) is 64.9 cm³/mol. The molecule has 2 aromatic rings. The van der Waals surface area contributed by atoms with Gasteiger partial charge in [-0.1, -0.05) is 11.6 Å². The molecule has 2 rings (SSSR count). The Bertz CT molecular complexity index is 513. The van der Waals surface area contributed by atoms with Gasteiger partial charge >= 0.3 is 0 Å². The molecule has 6 nitrogen and oxygen atoms in total. The van der Waals surface area contributed by atoms with Crippen molar-refractivity contribution in [3.8, 4) is 11.6 Å². The Balaban J connectivity index is 2.49. The van der Waals surface area contributed by atoms with Crippen LogP contribution in [-0.4, -0.2) is 33.4 Å². The van der Waals surface area contributed by atoms with Gasteiger partial charge < -0.3 is 10.1 Å². The third-order valence-electron chi connectivity index (χ3n) is 2.10. The normalized spacial score (nSPS) is 10.3. The van der Waals surface area contributed by atoms with Crippen molar-refractivity contribution in [2.45, 2.75) is 6.92 Å². The van der Waals surface area contributed by atoms with Gasteiger partial charge in [-0.05, 0) is 6.92 Å². The van der Waals surface area contributed by atoms with Gasteiger partial charge in [-0.25, -0.2) is 14.6 Å². The minimum Gasteiger partial charge on any atom is -0.490 e. The summed E-state index contributed by atoms with van der Waals surface area (Å²) in [5.41, 5.74) is 0. The molecule has 2 aromatic heterocycles. The number of nitrogens with zero attached hydrogens (tertiary/aromatic N) is 4. The molecule has 7 heteroatoms. The lowest BCUT2D eigenvalue weighted by Crippen LogP contribution is -2.07. The average Bonchev–Trinajstić information content (AvgIpc) is 2.76. The number of anilines is 1. The fourth-order valence-corrected chi connectivity index (χ4v) is 1.56. The van der Waals surface area contributed by atoms with Crippen LogP contribution in [-0.2, 0) is 0 Å². The molecule has 0 aliphatic rings. The Hall–Kier alpha value is -1.82. The summed E-state index contributed by atoms with van der Waals surface area (Å²) >= 11 is 5.82. The zero-order chi connectivity index (χ0) is 12.3. The highest BCUT2D eigenvalue weighted by molar-refractivity contribution is 6.30. The molecule has 0 radical (unpaired) electrons. The minimum atomic E-state index is 0.536. The molecular formula is C10H12ClN5O. The van der Waals surface area contributed by atoms with Crippen LogP contribution in [0.4, 0.5) is 5.82 Å². The average molecular weight is 254 g/mol. The fraction of sp³-hybridized carbons (Fsp3) is 0.300. The van der Waals surface area contributed by atoms with Crippen LogP contribution in [0.25, 0.3) is 5.82 Å². The molecule has 0 spiro atoms. The first-order chi connectivity index (χ1) is 8.26. The van der Waals surface area contributed by atoms with Gasteiger partial charge in [0.25, 0.3) is 0 Å². The second kappa shape index (κ2) is 5.01. The maximum atomic E-state index is 5.82. The number of halogens is 1. The van der Waals surface area contributed by atoms with Crippen LogP contribution >= 0.6 is 11.6 Å². The smallest absolute Gasteiger partial charge is 0.206 e. The first kappa shape index (κ1) is 11.7. The van der Waals surface area contributed by atoms with Gasteiger partial charge in [0, 0.05) is 6.54 Å². The van der Waals surface area contributed by atoms with Crippen molar-refractivity contribution < 1.29 is 4.74 Å². The SMILES string of the molecule is CCNc1ncnc(-n2cc(Cl)cn2)c1OC. The quantitative estimate of drug-likeness (QED) is 0.899. The maximum Gasteiger partial charge on any atom is 0.206 e. The monoisotopic (exact) mass is 253 g/mol. The van der Waals surface area contributed by atoms with Crippen LogP contribution in [0.3, 0.4) is 0 Å². The van der Waals surface area contributed by atoms with Gasteiger partial charge in [0.1, 0.15) is 6.33 Å². The first-order valence-corrected chi connectivity index (χ1v) is 5.47. The highest BCUT2D eigenvalue weighted by Crippen LogP contribution is 2.27. The number of ether oxygens (including phenoxy) is 1. The molecule has 0 saturated carbocycles. The molecule has 0 unspecified atom stereocenters. The second-order valence-corrected chi connectivity index (χ2v) is 3.65. The Morgan fingerprint density at radius 1 is 1.47 bits per heavy atom. The standard InChI is InChI=1S/C10H12ClN5O/c1-3-12-9-8(17-2)10(14-6-13-9)16-5-7(11)4-15-16/h4-6H,3H2,1-2H3,(H,12,13,14). The summed E-state index contributed by atoms with van der Waals surface area (Å²) < 4.78 is 6.85. The highest BCUT2D eigenvalue weighted by Gasteiger charge is 2.13. The summed E-state index contributed by atoms with van der Waals surface area (Å²) in [7, 11) is 1.56. The Morgan fingerprint density at radius 2 is 2.29 bits per heavy atom.